The maximum absolute atomic E-state index is 12.2. The average molecular weight is 273 g/mol. The molecule has 0 bridgehead atoms. The third kappa shape index (κ3) is 3.69. The molecule has 5 nitrogen and oxygen atoms in total. The number of rotatable bonds is 6. The number of nitrogens with one attached hydrogen (secondary N) is 1. The van der Waals surface area contributed by atoms with Gasteiger partial charge in [0.25, 0.3) is 0 Å². The van der Waals surface area contributed by atoms with Gasteiger partial charge in [-0.15, -0.1) is 0 Å². The van der Waals surface area contributed by atoms with Crippen LogP contribution in [0.5, 0.6) is 5.75 Å². The molecule has 6 heteroatoms. The van der Waals surface area contributed by atoms with E-state index >= 15 is 0 Å². The van der Waals surface area contributed by atoms with Crippen LogP contribution in [-0.4, -0.2) is 35.3 Å². The van der Waals surface area contributed by atoms with E-state index in [9.17, 15) is 8.42 Å². The molecular formula is C12H19NO4S. The second-order valence-corrected chi connectivity index (χ2v) is 5.81. The van der Waals surface area contributed by atoms with Crippen molar-refractivity contribution in [3.05, 3.63) is 23.8 Å². The summed E-state index contributed by atoms with van der Waals surface area (Å²) in [6.45, 7) is 3.88. The minimum absolute atomic E-state index is 0.146. The molecule has 0 amide bonds. The van der Waals surface area contributed by atoms with Crippen molar-refractivity contribution in [2.24, 2.45) is 0 Å². The highest BCUT2D eigenvalue weighted by molar-refractivity contribution is 7.89. The summed E-state index contributed by atoms with van der Waals surface area (Å²) in [4.78, 5) is 0.146. The van der Waals surface area contributed by atoms with E-state index in [1.54, 1.807) is 25.1 Å². The van der Waals surface area contributed by atoms with E-state index in [0.717, 1.165) is 5.56 Å². The van der Waals surface area contributed by atoms with Crippen LogP contribution in [0.4, 0.5) is 0 Å². The number of hydrogen-bond acceptors (Lipinski definition) is 4. The Labute approximate surface area is 108 Å². The lowest BCUT2D eigenvalue weighted by Crippen LogP contribution is -2.35. The van der Waals surface area contributed by atoms with Crippen LogP contribution in [0.2, 0.25) is 0 Å². The third-order valence-corrected chi connectivity index (χ3v) is 3.99. The van der Waals surface area contributed by atoms with Crippen molar-refractivity contribution in [1.29, 1.82) is 0 Å². The van der Waals surface area contributed by atoms with Gasteiger partial charge >= 0.3 is 0 Å². The first kappa shape index (κ1) is 14.9. The molecule has 0 radical (unpaired) electrons. The zero-order valence-electron chi connectivity index (χ0n) is 11.1. The van der Waals surface area contributed by atoms with Crippen molar-refractivity contribution in [3.63, 3.8) is 0 Å². The molecule has 0 saturated carbocycles. The summed E-state index contributed by atoms with van der Waals surface area (Å²) in [5.41, 5.74) is 0.857. The second kappa shape index (κ2) is 6.17. The summed E-state index contributed by atoms with van der Waals surface area (Å²) >= 11 is 0. The first-order valence-corrected chi connectivity index (χ1v) is 7.05. The lowest BCUT2D eigenvalue weighted by atomic mass is 10.2. The molecule has 0 aliphatic heterocycles. The van der Waals surface area contributed by atoms with Crippen molar-refractivity contribution >= 4 is 10.0 Å². The summed E-state index contributed by atoms with van der Waals surface area (Å²) in [6, 6.07) is 4.73. The van der Waals surface area contributed by atoms with E-state index in [-0.39, 0.29) is 10.9 Å². The van der Waals surface area contributed by atoms with Crippen LogP contribution in [0, 0.1) is 6.92 Å². The van der Waals surface area contributed by atoms with Gasteiger partial charge in [-0.2, -0.15) is 0 Å². The van der Waals surface area contributed by atoms with Crippen LogP contribution in [0.25, 0.3) is 0 Å². The van der Waals surface area contributed by atoms with E-state index in [1.165, 1.54) is 14.2 Å². The lowest BCUT2D eigenvalue weighted by Gasteiger charge is -2.15. The molecule has 0 saturated heterocycles. The third-order valence-electron chi connectivity index (χ3n) is 2.38. The Balaban J connectivity index is 3.07. The molecule has 1 atom stereocenters. The van der Waals surface area contributed by atoms with Gasteiger partial charge < -0.3 is 9.47 Å². The quantitative estimate of drug-likeness (QED) is 0.849. The SMILES string of the molecule is COC[C@@H](C)NS(=O)(=O)c1cc(C)ccc1OC. The van der Waals surface area contributed by atoms with Crippen molar-refractivity contribution in [3.8, 4) is 5.75 Å². The maximum atomic E-state index is 12.2. The van der Waals surface area contributed by atoms with E-state index in [4.69, 9.17) is 9.47 Å². The Hall–Kier alpha value is -1.11. The Kier molecular flexibility index (Phi) is 5.13. The number of sulfonamides is 1. The predicted octanol–water partition coefficient (Wildman–Crippen LogP) is 1.32. The van der Waals surface area contributed by atoms with Crippen molar-refractivity contribution < 1.29 is 17.9 Å². The normalized spacial score (nSPS) is 13.3. The lowest BCUT2D eigenvalue weighted by molar-refractivity contribution is 0.180. The van der Waals surface area contributed by atoms with Crippen molar-refractivity contribution in [2.45, 2.75) is 24.8 Å². The van der Waals surface area contributed by atoms with Crippen LogP contribution in [-0.2, 0) is 14.8 Å². The fourth-order valence-corrected chi connectivity index (χ4v) is 3.09. The fourth-order valence-electron chi connectivity index (χ4n) is 1.61. The van der Waals surface area contributed by atoms with Gasteiger partial charge in [0.15, 0.2) is 0 Å². The van der Waals surface area contributed by atoms with Gasteiger partial charge in [0, 0.05) is 13.2 Å². The van der Waals surface area contributed by atoms with Crippen molar-refractivity contribution in [1.82, 2.24) is 4.72 Å². The van der Waals surface area contributed by atoms with Gasteiger partial charge in [-0.3, -0.25) is 0 Å². The highest BCUT2D eigenvalue weighted by Gasteiger charge is 2.21. The molecule has 1 rings (SSSR count). The zero-order valence-corrected chi connectivity index (χ0v) is 11.9. The molecule has 0 aromatic heterocycles. The van der Waals surface area contributed by atoms with Gasteiger partial charge in [-0.1, -0.05) is 6.07 Å². The largest absolute Gasteiger partial charge is 0.495 e. The van der Waals surface area contributed by atoms with E-state index < -0.39 is 10.0 Å². The number of methoxy groups -OCH3 is 2. The molecule has 0 heterocycles. The molecule has 0 spiro atoms. The molecule has 18 heavy (non-hydrogen) atoms. The standard InChI is InChI=1S/C12H19NO4S/c1-9-5-6-11(17-4)12(7-9)18(14,15)13-10(2)8-16-3/h5-7,10,13H,8H2,1-4H3/t10-/m1/s1. The highest BCUT2D eigenvalue weighted by Crippen LogP contribution is 2.24. The summed E-state index contributed by atoms with van der Waals surface area (Å²) in [7, 11) is -0.629. The molecule has 0 unspecified atom stereocenters. The number of benzene rings is 1. The second-order valence-electron chi connectivity index (χ2n) is 4.13. The van der Waals surface area contributed by atoms with Crippen LogP contribution < -0.4 is 9.46 Å². The fraction of sp³-hybridized carbons (Fsp3) is 0.500. The smallest absolute Gasteiger partial charge is 0.244 e. The molecule has 0 aliphatic rings. The molecule has 0 fully saturated rings. The Bertz CT molecular complexity index is 499. The number of hydrogen-bond donors (Lipinski definition) is 1. The van der Waals surface area contributed by atoms with E-state index in [0.29, 0.717) is 12.4 Å². The molecular weight excluding hydrogens is 254 g/mol. The predicted molar refractivity (Wildman–Crippen MR) is 69.4 cm³/mol. The topological polar surface area (TPSA) is 64.6 Å². The summed E-state index contributed by atoms with van der Waals surface area (Å²) in [5, 5.41) is 0. The van der Waals surface area contributed by atoms with Gasteiger partial charge in [-0.05, 0) is 31.5 Å². The van der Waals surface area contributed by atoms with E-state index in [1.807, 2.05) is 6.92 Å². The summed E-state index contributed by atoms with van der Waals surface area (Å²) in [6.07, 6.45) is 0. The molecule has 0 aliphatic carbocycles. The van der Waals surface area contributed by atoms with E-state index in [2.05, 4.69) is 4.72 Å². The summed E-state index contributed by atoms with van der Waals surface area (Å²) < 4.78 is 36.9. The molecule has 1 aromatic carbocycles. The first-order chi connectivity index (χ1) is 8.40. The first-order valence-electron chi connectivity index (χ1n) is 5.56. The van der Waals surface area contributed by atoms with Gasteiger partial charge in [0.2, 0.25) is 10.0 Å². The number of ether oxygens (including phenoxy) is 2. The minimum atomic E-state index is -3.60. The van der Waals surface area contributed by atoms with Crippen LogP contribution in [0.3, 0.4) is 0 Å². The monoisotopic (exact) mass is 273 g/mol. The highest BCUT2D eigenvalue weighted by atomic mass is 32.2. The van der Waals surface area contributed by atoms with Crippen LogP contribution in [0.1, 0.15) is 12.5 Å². The maximum Gasteiger partial charge on any atom is 0.244 e. The average Bonchev–Trinajstić information content (AvgIpc) is 2.28. The Morgan fingerprint density at radius 2 is 2.00 bits per heavy atom. The summed E-state index contributed by atoms with van der Waals surface area (Å²) in [5.74, 6) is 0.331. The zero-order chi connectivity index (χ0) is 13.8. The van der Waals surface area contributed by atoms with Crippen molar-refractivity contribution in [2.75, 3.05) is 20.8 Å². The Morgan fingerprint density at radius 3 is 2.56 bits per heavy atom. The van der Waals surface area contributed by atoms with Gasteiger partial charge in [0.1, 0.15) is 10.6 Å². The van der Waals surface area contributed by atoms with Crippen LogP contribution >= 0.6 is 0 Å². The Morgan fingerprint density at radius 1 is 1.33 bits per heavy atom. The van der Waals surface area contributed by atoms with Gasteiger partial charge in [-0.25, -0.2) is 13.1 Å². The van der Waals surface area contributed by atoms with Crippen LogP contribution in [0.15, 0.2) is 23.1 Å². The molecule has 1 aromatic rings. The van der Waals surface area contributed by atoms with Gasteiger partial charge in [0.05, 0.1) is 13.7 Å². The number of aryl methyl sites for hydroxylation is 1. The molecule has 102 valence electrons. The minimum Gasteiger partial charge on any atom is -0.495 e. The molecule has 1 N–H and O–H groups in total.